The first-order valence-electron chi connectivity index (χ1n) is 10.5. The molecule has 1 aliphatic carbocycles. The lowest BCUT2D eigenvalue weighted by Crippen LogP contribution is -2.18. The molecule has 0 spiro atoms. The van der Waals surface area contributed by atoms with Gasteiger partial charge in [0.15, 0.2) is 0 Å². The van der Waals surface area contributed by atoms with Crippen molar-refractivity contribution in [3.05, 3.63) is 75.7 Å². The minimum absolute atomic E-state index is 0.0117. The van der Waals surface area contributed by atoms with E-state index in [1.807, 2.05) is 0 Å². The molecule has 0 saturated heterocycles. The average Bonchev–Trinajstić information content (AvgIpc) is 3.16. The van der Waals surface area contributed by atoms with E-state index in [9.17, 15) is 18.0 Å². The van der Waals surface area contributed by atoms with Crippen LogP contribution < -0.4 is 10.0 Å². The molecular weight excluding hydrogens is 460 g/mol. The van der Waals surface area contributed by atoms with Crippen molar-refractivity contribution in [2.24, 2.45) is 0 Å². The van der Waals surface area contributed by atoms with Crippen molar-refractivity contribution in [3.8, 4) is 0 Å². The highest BCUT2D eigenvalue weighted by Crippen LogP contribution is 2.38. The Morgan fingerprint density at radius 1 is 1.03 bits per heavy atom. The van der Waals surface area contributed by atoms with Gasteiger partial charge in [-0.3, -0.25) is 9.52 Å². The molecule has 33 heavy (non-hydrogen) atoms. The fourth-order valence-corrected chi connectivity index (χ4v) is 6.50. The van der Waals surface area contributed by atoms with E-state index >= 15 is 0 Å². The van der Waals surface area contributed by atoms with Gasteiger partial charge in [-0.15, -0.1) is 11.3 Å². The van der Waals surface area contributed by atoms with Gasteiger partial charge in [-0.25, -0.2) is 13.2 Å². The summed E-state index contributed by atoms with van der Waals surface area (Å²) in [7, 11) is -2.59. The van der Waals surface area contributed by atoms with E-state index in [4.69, 9.17) is 4.74 Å². The summed E-state index contributed by atoms with van der Waals surface area (Å²) >= 11 is 1.38. The number of benzene rings is 2. The Labute approximate surface area is 196 Å². The van der Waals surface area contributed by atoms with E-state index in [0.29, 0.717) is 21.8 Å². The fourth-order valence-electron chi connectivity index (χ4n) is 3.89. The molecule has 0 saturated carbocycles. The summed E-state index contributed by atoms with van der Waals surface area (Å²) in [6.45, 7) is 1.67. The first kappa shape index (κ1) is 23.0. The molecule has 0 atom stereocenters. The monoisotopic (exact) mass is 484 g/mol. The van der Waals surface area contributed by atoms with E-state index in [2.05, 4.69) is 10.0 Å². The van der Waals surface area contributed by atoms with Gasteiger partial charge in [0.25, 0.3) is 15.9 Å². The van der Waals surface area contributed by atoms with Crippen LogP contribution in [0, 0.1) is 6.92 Å². The summed E-state index contributed by atoms with van der Waals surface area (Å²) in [5, 5.41) is 3.25. The van der Waals surface area contributed by atoms with Gasteiger partial charge in [0.1, 0.15) is 5.00 Å². The Morgan fingerprint density at radius 2 is 1.76 bits per heavy atom. The van der Waals surface area contributed by atoms with E-state index in [-0.39, 0.29) is 10.5 Å². The van der Waals surface area contributed by atoms with Gasteiger partial charge in [-0.1, -0.05) is 24.3 Å². The van der Waals surface area contributed by atoms with Crippen LogP contribution in [0.1, 0.15) is 49.6 Å². The summed E-state index contributed by atoms with van der Waals surface area (Å²) in [5.41, 5.74) is 2.45. The lowest BCUT2D eigenvalue weighted by atomic mass is 9.95. The molecule has 1 aliphatic rings. The molecule has 2 N–H and O–H groups in total. The number of esters is 1. The third kappa shape index (κ3) is 4.79. The number of amides is 1. The Morgan fingerprint density at radius 3 is 2.48 bits per heavy atom. The number of thiophene rings is 1. The van der Waals surface area contributed by atoms with Gasteiger partial charge in [-0.05, 0) is 68.0 Å². The van der Waals surface area contributed by atoms with Crippen molar-refractivity contribution in [3.63, 3.8) is 0 Å². The summed E-state index contributed by atoms with van der Waals surface area (Å²) in [5.74, 6) is -0.973. The Bertz CT molecular complexity index is 1310. The molecule has 0 radical (unpaired) electrons. The second-order valence-corrected chi connectivity index (χ2v) is 10.6. The zero-order valence-electron chi connectivity index (χ0n) is 18.3. The highest BCUT2D eigenvalue weighted by Gasteiger charge is 2.27. The van der Waals surface area contributed by atoms with Gasteiger partial charge in [0, 0.05) is 16.1 Å². The lowest BCUT2D eigenvalue weighted by Gasteiger charge is -2.13. The predicted octanol–water partition coefficient (Wildman–Crippen LogP) is 4.78. The maximum Gasteiger partial charge on any atom is 0.341 e. The number of nitrogens with one attached hydrogen (secondary N) is 2. The lowest BCUT2D eigenvalue weighted by molar-refractivity contribution is 0.0601. The van der Waals surface area contributed by atoms with Crippen LogP contribution >= 0.6 is 11.3 Å². The first-order valence-corrected chi connectivity index (χ1v) is 12.8. The van der Waals surface area contributed by atoms with Crippen LogP contribution in [-0.2, 0) is 27.6 Å². The average molecular weight is 485 g/mol. The van der Waals surface area contributed by atoms with Crippen LogP contribution in [0.4, 0.5) is 10.7 Å². The van der Waals surface area contributed by atoms with Crippen molar-refractivity contribution in [2.45, 2.75) is 37.5 Å². The maximum atomic E-state index is 13.1. The Hall–Kier alpha value is -3.17. The minimum Gasteiger partial charge on any atom is -0.465 e. The number of sulfonamides is 1. The molecule has 1 aromatic heterocycles. The number of methoxy groups -OCH3 is 1. The third-order valence-corrected chi connectivity index (χ3v) is 8.28. The second-order valence-electron chi connectivity index (χ2n) is 7.81. The normalized spacial score (nSPS) is 13.2. The topological polar surface area (TPSA) is 102 Å². The molecule has 172 valence electrons. The quantitative estimate of drug-likeness (QED) is 0.491. The smallest absolute Gasteiger partial charge is 0.341 e. The largest absolute Gasteiger partial charge is 0.465 e. The van der Waals surface area contributed by atoms with E-state index in [1.165, 1.54) is 24.5 Å². The number of hydrogen-bond donors (Lipinski definition) is 2. The van der Waals surface area contributed by atoms with Gasteiger partial charge < -0.3 is 10.1 Å². The molecule has 0 aliphatic heterocycles. The second kappa shape index (κ2) is 9.36. The predicted molar refractivity (Wildman–Crippen MR) is 129 cm³/mol. The van der Waals surface area contributed by atoms with Crippen molar-refractivity contribution >= 4 is 43.9 Å². The van der Waals surface area contributed by atoms with Crippen LogP contribution in [0.25, 0.3) is 0 Å². The third-order valence-electron chi connectivity index (χ3n) is 5.55. The zero-order chi connectivity index (χ0) is 23.6. The van der Waals surface area contributed by atoms with Gasteiger partial charge in [-0.2, -0.15) is 0 Å². The highest BCUT2D eigenvalue weighted by atomic mass is 32.2. The molecule has 1 amide bonds. The van der Waals surface area contributed by atoms with Crippen LogP contribution in [0.5, 0.6) is 0 Å². The molecule has 0 unspecified atom stereocenters. The van der Waals surface area contributed by atoms with Crippen LogP contribution in [0.15, 0.2) is 53.4 Å². The first-order chi connectivity index (χ1) is 15.8. The van der Waals surface area contributed by atoms with Crippen molar-refractivity contribution in [2.75, 3.05) is 17.1 Å². The molecule has 9 heteroatoms. The Balaban J connectivity index is 1.64. The van der Waals surface area contributed by atoms with Crippen molar-refractivity contribution in [1.29, 1.82) is 0 Å². The molecular formula is C24H24N2O5S2. The SMILES string of the molecule is COC(=O)c1c(NC(=O)c2ccc(C)c(S(=O)(=O)Nc3ccccc3)c2)sc2c1CCCC2. The van der Waals surface area contributed by atoms with E-state index in [0.717, 1.165) is 36.1 Å². The molecule has 4 rings (SSSR count). The van der Waals surface area contributed by atoms with Gasteiger partial charge in [0.2, 0.25) is 0 Å². The van der Waals surface area contributed by atoms with E-state index in [1.54, 1.807) is 49.4 Å². The Kier molecular flexibility index (Phi) is 6.53. The molecule has 1 heterocycles. The standard InChI is InChI=1S/C24H24N2O5S2/c1-15-12-13-16(14-20(15)33(29,30)26-17-8-4-3-5-9-17)22(27)25-23-21(24(28)31-2)18-10-6-7-11-19(18)32-23/h3-5,8-9,12-14,26H,6-7,10-11H2,1-2H3,(H,25,27). The van der Waals surface area contributed by atoms with Crippen molar-refractivity contribution in [1.82, 2.24) is 0 Å². The number of anilines is 2. The maximum absolute atomic E-state index is 13.1. The van der Waals surface area contributed by atoms with E-state index < -0.39 is 21.9 Å². The summed E-state index contributed by atoms with van der Waals surface area (Å²) < 4.78 is 33.4. The van der Waals surface area contributed by atoms with Gasteiger partial charge >= 0.3 is 5.97 Å². The molecule has 7 nitrogen and oxygen atoms in total. The van der Waals surface area contributed by atoms with Crippen LogP contribution in [0.2, 0.25) is 0 Å². The van der Waals surface area contributed by atoms with Gasteiger partial charge in [0.05, 0.1) is 17.6 Å². The number of para-hydroxylation sites is 1. The molecule has 2 aromatic carbocycles. The molecule has 0 bridgehead atoms. The zero-order valence-corrected chi connectivity index (χ0v) is 19.9. The number of ether oxygens (including phenoxy) is 1. The summed E-state index contributed by atoms with van der Waals surface area (Å²) in [6, 6.07) is 13.1. The minimum atomic E-state index is -3.90. The molecule has 3 aromatic rings. The fraction of sp³-hybridized carbons (Fsp3) is 0.250. The highest BCUT2D eigenvalue weighted by molar-refractivity contribution is 7.92. The van der Waals surface area contributed by atoms with Crippen LogP contribution in [0.3, 0.4) is 0 Å². The van der Waals surface area contributed by atoms with Crippen LogP contribution in [-0.4, -0.2) is 27.4 Å². The molecule has 0 fully saturated rings. The number of fused-ring (bicyclic) bond motifs is 1. The summed E-state index contributed by atoms with van der Waals surface area (Å²) in [6.07, 6.45) is 3.64. The number of carbonyl (C=O) groups excluding carboxylic acids is 2. The summed E-state index contributed by atoms with van der Waals surface area (Å²) in [4.78, 5) is 26.6. The number of rotatable bonds is 6. The number of carbonyl (C=O) groups is 2. The number of aryl methyl sites for hydroxylation is 2. The number of hydrogen-bond acceptors (Lipinski definition) is 6. The van der Waals surface area contributed by atoms with Crippen molar-refractivity contribution < 1.29 is 22.7 Å².